The SMILES string of the molecule is CCCCOc1cccc(C(=O)Nc2ccc(N3C(=O)c4ccccc4C3=O)cc2)c1. The van der Waals surface area contributed by atoms with Gasteiger partial charge in [-0.2, -0.15) is 0 Å². The molecule has 0 aliphatic carbocycles. The van der Waals surface area contributed by atoms with E-state index in [0.29, 0.717) is 40.4 Å². The number of ether oxygens (including phenoxy) is 1. The first-order chi connectivity index (χ1) is 15.1. The minimum absolute atomic E-state index is 0.269. The molecule has 1 aliphatic heterocycles. The molecule has 3 aromatic rings. The number of imide groups is 1. The number of unbranched alkanes of at least 4 members (excludes halogenated alkanes) is 1. The smallest absolute Gasteiger partial charge is 0.266 e. The zero-order valence-electron chi connectivity index (χ0n) is 17.1. The fourth-order valence-electron chi connectivity index (χ4n) is 3.38. The van der Waals surface area contributed by atoms with Crippen LogP contribution in [0.2, 0.25) is 0 Å². The molecule has 1 N–H and O–H groups in total. The molecule has 0 bridgehead atoms. The highest BCUT2D eigenvalue weighted by atomic mass is 16.5. The van der Waals surface area contributed by atoms with Crippen molar-refractivity contribution in [3.05, 3.63) is 89.5 Å². The van der Waals surface area contributed by atoms with Crippen LogP contribution in [0.1, 0.15) is 50.8 Å². The summed E-state index contributed by atoms with van der Waals surface area (Å²) in [6, 6.07) is 20.4. The molecule has 31 heavy (non-hydrogen) atoms. The molecule has 3 aromatic carbocycles. The van der Waals surface area contributed by atoms with Crippen molar-refractivity contribution in [2.45, 2.75) is 19.8 Å². The molecule has 4 rings (SSSR count). The van der Waals surface area contributed by atoms with Crippen LogP contribution in [0.4, 0.5) is 11.4 Å². The number of nitrogens with zero attached hydrogens (tertiary/aromatic N) is 1. The van der Waals surface area contributed by atoms with Gasteiger partial charge in [-0.3, -0.25) is 14.4 Å². The fraction of sp³-hybridized carbons (Fsp3) is 0.160. The summed E-state index contributed by atoms with van der Waals surface area (Å²) in [5.41, 5.74) is 2.29. The molecule has 1 aliphatic rings. The Morgan fingerprint density at radius 3 is 2.23 bits per heavy atom. The molecule has 6 nitrogen and oxygen atoms in total. The van der Waals surface area contributed by atoms with Crippen LogP contribution in [-0.4, -0.2) is 24.3 Å². The standard InChI is InChI=1S/C25H22N2O4/c1-2-3-15-31-20-8-6-7-17(16-20)23(28)26-18-11-13-19(14-12-18)27-24(29)21-9-4-5-10-22(21)25(27)30/h4-14,16H,2-3,15H2,1H3,(H,26,28). The molecular formula is C25H22N2O4. The lowest BCUT2D eigenvalue weighted by atomic mass is 10.1. The largest absolute Gasteiger partial charge is 0.494 e. The second kappa shape index (κ2) is 8.83. The van der Waals surface area contributed by atoms with Crippen molar-refractivity contribution >= 4 is 29.1 Å². The molecule has 0 radical (unpaired) electrons. The van der Waals surface area contributed by atoms with Gasteiger partial charge in [0.25, 0.3) is 17.7 Å². The van der Waals surface area contributed by atoms with Crippen molar-refractivity contribution in [3.8, 4) is 5.75 Å². The summed E-state index contributed by atoms with van der Waals surface area (Å²) in [7, 11) is 0. The van der Waals surface area contributed by atoms with Crippen molar-refractivity contribution in [3.63, 3.8) is 0 Å². The molecule has 1 heterocycles. The zero-order valence-corrected chi connectivity index (χ0v) is 17.1. The van der Waals surface area contributed by atoms with Crippen molar-refractivity contribution in [2.75, 3.05) is 16.8 Å². The summed E-state index contributed by atoms with van der Waals surface area (Å²) in [6.07, 6.45) is 1.99. The lowest BCUT2D eigenvalue weighted by Gasteiger charge is -2.14. The summed E-state index contributed by atoms with van der Waals surface area (Å²) in [6.45, 7) is 2.70. The molecule has 0 atom stereocenters. The topological polar surface area (TPSA) is 75.7 Å². The summed E-state index contributed by atoms with van der Waals surface area (Å²) in [5.74, 6) is -0.314. The Balaban J connectivity index is 1.45. The number of anilines is 2. The van der Waals surface area contributed by atoms with Crippen molar-refractivity contribution < 1.29 is 19.1 Å². The lowest BCUT2D eigenvalue weighted by molar-refractivity contribution is 0.0924. The molecule has 0 saturated carbocycles. The van der Waals surface area contributed by atoms with Gasteiger partial charge in [0.1, 0.15) is 5.75 Å². The number of hydrogen-bond donors (Lipinski definition) is 1. The predicted molar refractivity (Wildman–Crippen MR) is 119 cm³/mol. The van der Waals surface area contributed by atoms with Gasteiger partial charge >= 0.3 is 0 Å². The van der Waals surface area contributed by atoms with Crippen LogP contribution in [-0.2, 0) is 0 Å². The highest BCUT2D eigenvalue weighted by Gasteiger charge is 2.36. The molecule has 6 heteroatoms. The summed E-state index contributed by atoms with van der Waals surface area (Å²) >= 11 is 0. The van der Waals surface area contributed by atoms with E-state index in [1.165, 1.54) is 0 Å². The van der Waals surface area contributed by atoms with Crippen molar-refractivity contribution in [2.24, 2.45) is 0 Å². The van der Waals surface area contributed by atoms with Gasteiger partial charge in [-0.05, 0) is 61.0 Å². The van der Waals surface area contributed by atoms with Crippen molar-refractivity contribution in [1.82, 2.24) is 0 Å². The average Bonchev–Trinajstić information content (AvgIpc) is 3.05. The fourth-order valence-corrected chi connectivity index (χ4v) is 3.38. The number of carbonyl (C=O) groups is 3. The van der Waals surface area contributed by atoms with Crippen LogP contribution in [0, 0.1) is 0 Å². The molecular weight excluding hydrogens is 392 g/mol. The maximum Gasteiger partial charge on any atom is 0.266 e. The predicted octanol–water partition coefficient (Wildman–Crippen LogP) is 4.92. The molecule has 0 fully saturated rings. The first-order valence-corrected chi connectivity index (χ1v) is 10.2. The van der Waals surface area contributed by atoms with Crippen molar-refractivity contribution in [1.29, 1.82) is 0 Å². The summed E-state index contributed by atoms with van der Waals surface area (Å²) < 4.78 is 5.66. The van der Waals surface area contributed by atoms with E-state index in [4.69, 9.17) is 4.74 Å². The summed E-state index contributed by atoms with van der Waals surface area (Å²) in [4.78, 5) is 39.0. The third-order valence-electron chi connectivity index (χ3n) is 5.04. The van der Waals surface area contributed by atoms with E-state index in [0.717, 1.165) is 17.7 Å². The van der Waals surface area contributed by atoms with Gasteiger partial charge in [-0.25, -0.2) is 4.90 Å². The number of hydrogen-bond acceptors (Lipinski definition) is 4. The van der Waals surface area contributed by atoms with Gasteiger partial charge in [0.05, 0.1) is 23.4 Å². The Hall–Kier alpha value is -3.93. The number of benzene rings is 3. The Morgan fingerprint density at radius 2 is 1.58 bits per heavy atom. The normalized spacial score (nSPS) is 12.6. The number of nitrogens with one attached hydrogen (secondary N) is 1. The Bertz CT molecular complexity index is 1100. The summed E-state index contributed by atoms with van der Waals surface area (Å²) in [5, 5.41) is 2.83. The van der Waals surface area contributed by atoms with E-state index < -0.39 is 0 Å². The van der Waals surface area contributed by atoms with Crippen LogP contribution in [0.3, 0.4) is 0 Å². The van der Waals surface area contributed by atoms with Gasteiger partial charge in [0.15, 0.2) is 0 Å². The van der Waals surface area contributed by atoms with E-state index in [9.17, 15) is 14.4 Å². The van der Waals surface area contributed by atoms with Crippen LogP contribution >= 0.6 is 0 Å². The second-order valence-corrected chi connectivity index (χ2v) is 7.22. The van der Waals surface area contributed by atoms with E-state index in [-0.39, 0.29) is 17.7 Å². The first-order valence-electron chi connectivity index (χ1n) is 10.2. The Kier molecular flexibility index (Phi) is 5.80. The van der Waals surface area contributed by atoms with Gasteiger partial charge in [0, 0.05) is 11.3 Å². The Morgan fingerprint density at radius 1 is 0.903 bits per heavy atom. The van der Waals surface area contributed by atoms with E-state index in [1.54, 1.807) is 66.7 Å². The number of rotatable bonds is 7. The van der Waals surface area contributed by atoms with Gasteiger partial charge < -0.3 is 10.1 Å². The maximum absolute atomic E-state index is 12.6. The van der Waals surface area contributed by atoms with Crippen LogP contribution in [0.15, 0.2) is 72.8 Å². The van der Waals surface area contributed by atoms with Crippen LogP contribution < -0.4 is 15.0 Å². The molecule has 0 unspecified atom stereocenters. The second-order valence-electron chi connectivity index (χ2n) is 7.22. The van der Waals surface area contributed by atoms with Gasteiger partial charge in [-0.15, -0.1) is 0 Å². The van der Waals surface area contributed by atoms with Gasteiger partial charge in [-0.1, -0.05) is 31.5 Å². The zero-order chi connectivity index (χ0) is 21.8. The van der Waals surface area contributed by atoms with Crippen LogP contribution in [0.25, 0.3) is 0 Å². The Labute approximate surface area is 180 Å². The minimum atomic E-state index is -0.350. The quantitative estimate of drug-likeness (QED) is 0.440. The molecule has 0 spiro atoms. The highest BCUT2D eigenvalue weighted by Crippen LogP contribution is 2.29. The average molecular weight is 414 g/mol. The molecule has 0 saturated heterocycles. The molecule has 0 aromatic heterocycles. The van der Waals surface area contributed by atoms with E-state index >= 15 is 0 Å². The molecule has 3 amide bonds. The van der Waals surface area contributed by atoms with E-state index in [2.05, 4.69) is 12.2 Å². The monoisotopic (exact) mass is 414 g/mol. The van der Waals surface area contributed by atoms with E-state index in [1.807, 2.05) is 6.07 Å². The number of carbonyl (C=O) groups excluding carboxylic acids is 3. The van der Waals surface area contributed by atoms with Crippen LogP contribution in [0.5, 0.6) is 5.75 Å². The highest BCUT2D eigenvalue weighted by molar-refractivity contribution is 6.34. The minimum Gasteiger partial charge on any atom is -0.494 e. The molecule has 156 valence electrons. The number of amides is 3. The third kappa shape index (κ3) is 4.19. The third-order valence-corrected chi connectivity index (χ3v) is 5.04. The maximum atomic E-state index is 12.6. The number of fused-ring (bicyclic) bond motifs is 1. The first kappa shape index (κ1) is 20.3. The van der Waals surface area contributed by atoms with Gasteiger partial charge in [0.2, 0.25) is 0 Å². The lowest BCUT2D eigenvalue weighted by Crippen LogP contribution is -2.29.